The van der Waals surface area contributed by atoms with Crippen molar-refractivity contribution < 1.29 is 80.2 Å². The van der Waals surface area contributed by atoms with Gasteiger partial charge in [-0.15, -0.1) is 0 Å². The van der Waals surface area contributed by atoms with Crippen molar-refractivity contribution in [2.24, 2.45) is 11.8 Å². The number of carbonyl (C=O) groups excluding carboxylic acids is 4. The molecule has 0 aliphatic carbocycles. The lowest BCUT2D eigenvalue weighted by Crippen LogP contribution is -2.30. The molecule has 0 radical (unpaired) electrons. The van der Waals surface area contributed by atoms with Gasteiger partial charge in [-0.25, -0.2) is 9.13 Å². The average molecular weight is 1260 g/mol. The van der Waals surface area contributed by atoms with Crippen molar-refractivity contribution in [1.29, 1.82) is 0 Å². The third kappa shape index (κ3) is 60.7. The van der Waals surface area contributed by atoms with Crippen molar-refractivity contribution >= 4 is 39.5 Å². The molecule has 5 atom stereocenters. The Labute approximate surface area is 517 Å². The topological polar surface area (TPSA) is 237 Å². The molecular formula is C66H128O17P2. The van der Waals surface area contributed by atoms with E-state index in [1.54, 1.807) is 0 Å². The Morgan fingerprint density at radius 2 is 0.541 bits per heavy atom. The summed E-state index contributed by atoms with van der Waals surface area (Å²) < 4.78 is 68.1. The average Bonchev–Trinajstić information content (AvgIpc) is 3.47. The molecule has 2 unspecified atom stereocenters. The third-order valence-corrected chi connectivity index (χ3v) is 17.1. The van der Waals surface area contributed by atoms with E-state index < -0.39 is 97.5 Å². The second kappa shape index (κ2) is 58.4. The Morgan fingerprint density at radius 1 is 0.318 bits per heavy atom. The van der Waals surface area contributed by atoms with Crippen LogP contribution >= 0.6 is 15.6 Å². The van der Waals surface area contributed by atoms with Gasteiger partial charge < -0.3 is 33.8 Å². The Bertz CT molecular complexity index is 1670. The fourth-order valence-electron chi connectivity index (χ4n) is 9.88. The number of carbonyl (C=O) groups is 4. The largest absolute Gasteiger partial charge is 0.472 e. The standard InChI is InChI=1S/C66H128O17P2/c1-7-9-11-13-15-17-19-20-21-22-26-31-39-45-51-66(71)82-61(54-76-63(68)48-42-36-29-27-23-24-28-34-40-46-58(3)4)56-80-84(72,73)78-52-60(67)53-79-85(74,75)81-57-62(55-77-64(69)49-43-37-33-32-35-41-47-59(5)6)83-65(70)50-44-38-30-25-18-16-14-12-10-8-2/h58-62,67H,7-57H2,1-6H3,(H,72,73)(H,74,75)/t60-,61-,62-/m1/s1. The van der Waals surface area contributed by atoms with Crippen LogP contribution in [0.15, 0.2) is 0 Å². The summed E-state index contributed by atoms with van der Waals surface area (Å²) in [6, 6.07) is 0. The lowest BCUT2D eigenvalue weighted by Gasteiger charge is -2.21. The van der Waals surface area contributed by atoms with Gasteiger partial charge in [0, 0.05) is 25.7 Å². The van der Waals surface area contributed by atoms with Gasteiger partial charge in [-0.05, 0) is 37.5 Å². The van der Waals surface area contributed by atoms with Gasteiger partial charge in [0.2, 0.25) is 0 Å². The Morgan fingerprint density at radius 3 is 0.800 bits per heavy atom. The highest BCUT2D eigenvalue weighted by Gasteiger charge is 2.30. The summed E-state index contributed by atoms with van der Waals surface area (Å²) in [7, 11) is -9.89. The summed E-state index contributed by atoms with van der Waals surface area (Å²) in [6.45, 7) is 9.41. The number of unbranched alkanes of at least 4 members (excludes halogenated alkanes) is 35. The highest BCUT2D eigenvalue weighted by Crippen LogP contribution is 2.45. The van der Waals surface area contributed by atoms with Crippen LogP contribution in [0.25, 0.3) is 0 Å². The van der Waals surface area contributed by atoms with Crippen LogP contribution in [0.5, 0.6) is 0 Å². The molecule has 0 rings (SSSR count). The van der Waals surface area contributed by atoms with Crippen LogP contribution in [0, 0.1) is 11.8 Å². The van der Waals surface area contributed by atoms with Crippen molar-refractivity contribution in [2.45, 2.75) is 349 Å². The van der Waals surface area contributed by atoms with E-state index in [1.807, 2.05) is 0 Å². The minimum absolute atomic E-state index is 0.105. The van der Waals surface area contributed by atoms with E-state index in [0.29, 0.717) is 31.6 Å². The van der Waals surface area contributed by atoms with E-state index in [1.165, 1.54) is 141 Å². The Hall–Kier alpha value is -1.94. The second-order valence-corrected chi connectivity index (χ2v) is 27.7. The van der Waals surface area contributed by atoms with Gasteiger partial charge in [-0.2, -0.15) is 0 Å². The van der Waals surface area contributed by atoms with Crippen LogP contribution in [0.3, 0.4) is 0 Å². The Kier molecular flexibility index (Phi) is 57.1. The van der Waals surface area contributed by atoms with Crippen molar-refractivity contribution in [1.82, 2.24) is 0 Å². The number of ether oxygens (including phenoxy) is 4. The molecule has 0 aromatic heterocycles. The van der Waals surface area contributed by atoms with Gasteiger partial charge in [-0.1, -0.05) is 279 Å². The first-order chi connectivity index (χ1) is 40.9. The van der Waals surface area contributed by atoms with Crippen molar-refractivity contribution in [2.75, 3.05) is 39.6 Å². The highest BCUT2D eigenvalue weighted by molar-refractivity contribution is 7.47. The summed E-state index contributed by atoms with van der Waals surface area (Å²) >= 11 is 0. The molecule has 19 heteroatoms. The van der Waals surface area contributed by atoms with Gasteiger partial charge in [0.25, 0.3) is 0 Å². The van der Waals surface area contributed by atoms with Crippen LogP contribution in [0.4, 0.5) is 0 Å². The summed E-state index contributed by atoms with van der Waals surface area (Å²) in [5.74, 6) is -0.707. The predicted octanol–water partition coefficient (Wildman–Crippen LogP) is 18.4. The van der Waals surface area contributed by atoms with Crippen LogP contribution in [0.2, 0.25) is 0 Å². The van der Waals surface area contributed by atoms with Crippen LogP contribution in [-0.4, -0.2) is 96.7 Å². The van der Waals surface area contributed by atoms with Gasteiger partial charge in [-0.3, -0.25) is 37.3 Å². The molecule has 0 aromatic rings. The fourth-order valence-corrected chi connectivity index (χ4v) is 11.5. The van der Waals surface area contributed by atoms with Gasteiger partial charge in [0.1, 0.15) is 19.3 Å². The first-order valence-electron chi connectivity index (χ1n) is 34.5. The molecule has 0 spiro atoms. The first-order valence-corrected chi connectivity index (χ1v) is 37.5. The molecule has 504 valence electrons. The van der Waals surface area contributed by atoms with Crippen molar-refractivity contribution in [3.05, 3.63) is 0 Å². The number of phosphoric acid groups is 2. The molecule has 0 aliphatic rings. The van der Waals surface area contributed by atoms with Gasteiger partial charge in [0.15, 0.2) is 12.2 Å². The molecule has 17 nitrogen and oxygen atoms in total. The molecule has 0 aromatic carbocycles. The first kappa shape index (κ1) is 83.1. The minimum Gasteiger partial charge on any atom is -0.462 e. The molecule has 0 saturated carbocycles. The summed E-state index contributed by atoms with van der Waals surface area (Å²) in [4.78, 5) is 72.3. The summed E-state index contributed by atoms with van der Waals surface area (Å²) in [6.07, 6.45) is 41.8. The van der Waals surface area contributed by atoms with Gasteiger partial charge >= 0.3 is 39.5 Å². The van der Waals surface area contributed by atoms with Crippen molar-refractivity contribution in [3.63, 3.8) is 0 Å². The maximum Gasteiger partial charge on any atom is 0.472 e. The zero-order valence-corrected chi connectivity index (χ0v) is 56.7. The minimum atomic E-state index is -4.95. The van der Waals surface area contributed by atoms with E-state index in [2.05, 4.69) is 41.5 Å². The monoisotopic (exact) mass is 1250 g/mol. The van der Waals surface area contributed by atoms with E-state index >= 15 is 0 Å². The second-order valence-electron chi connectivity index (χ2n) is 24.8. The van der Waals surface area contributed by atoms with E-state index in [4.69, 9.17) is 37.0 Å². The lowest BCUT2D eigenvalue weighted by molar-refractivity contribution is -0.161. The predicted molar refractivity (Wildman–Crippen MR) is 340 cm³/mol. The van der Waals surface area contributed by atoms with E-state index in [9.17, 15) is 43.2 Å². The molecule has 0 aliphatic heterocycles. The number of rotatable bonds is 65. The Balaban J connectivity index is 5.24. The van der Waals surface area contributed by atoms with Crippen LogP contribution in [-0.2, 0) is 65.4 Å². The molecule has 0 saturated heterocycles. The van der Waals surface area contributed by atoms with Crippen LogP contribution in [0.1, 0.15) is 330 Å². The fraction of sp³-hybridized carbons (Fsp3) is 0.939. The van der Waals surface area contributed by atoms with Gasteiger partial charge in [0.05, 0.1) is 26.4 Å². The normalized spacial score (nSPS) is 14.2. The molecule has 0 heterocycles. The zero-order chi connectivity index (χ0) is 62.9. The number of aliphatic hydroxyl groups excluding tert-OH is 1. The third-order valence-electron chi connectivity index (χ3n) is 15.2. The molecule has 0 bridgehead atoms. The molecule has 0 fully saturated rings. The van der Waals surface area contributed by atoms with E-state index in [-0.39, 0.29) is 25.7 Å². The van der Waals surface area contributed by atoms with E-state index in [0.717, 1.165) is 102 Å². The lowest BCUT2D eigenvalue weighted by atomic mass is 10.0. The molecule has 3 N–H and O–H groups in total. The maximum absolute atomic E-state index is 13.0. The zero-order valence-electron chi connectivity index (χ0n) is 54.9. The number of hydrogen-bond acceptors (Lipinski definition) is 15. The number of phosphoric ester groups is 2. The number of esters is 4. The van der Waals surface area contributed by atoms with Crippen molar-refractivity contribution in [3.8, 4) is 0 Å². The maximum atomic E-state index is 13.0. The number of aliphatic hydroxyl groups is 1. The number of hydrogen-bond donors (Lipinski definition) is 3. The quantitative estimate of drug-likeness (QED) is 0.0222. The molecule has 0 amide bonds. The SMILES string of the molecule is CCCCCCCCCCCCCCCCC(=O)O[C@H](COC(=O)CCCCCCCCCCCC(C)C)COP(=O)(O)OC[C@@H](O)COP(=O)(O)OC[C@@H](COC(=O)CCCCCCCCC(C)C)OC(=O)CCCCCCCCCCCC. The summed E-state index contributed by atoms with van der Waals surface area (Å²) in [5.41, 5.74) is 0. The van der Waals surface area contributed by atoms with Crippen LogP contribution < -0.4 is 0 Å². The molecular weight excluding hydrogens is 1130 g/mol. The summed E-state index contributed by atoms with van der Waals surface area (Å²) in [5, 5.41) is 10.5. The highest BCUT2D eigenvalue weighted by atomic mass is 31.2. The smallest absolute Gasteiger partial charge is 0.462 e. The molecule has 85 heavy (non-hydrogen) atoms.